The highest BCUT2D eigenvalue weighted by Crippen LogP contribution is 2.13. The summed E-state index contributed by atoms with van der Waals surface area (Å²) in [6.07, 6.45) is 2.50. The van der Waals surface area contributed by atoms with Crippen molar-refractivity contribution in [2.45, 2.75) is 25.8 Å². The molecule has 5 nitrogen and oxygen atoms in total. The number of hydrogen-bond donors (Lipinski definition) is 1. The van der Waals surface area contributed by atoms with Crippen molar-refractivity contribution in [1.29, 1.82) is 5.26 Å². The van der Waals surface area contributed by atoms with Crippen LogP contribution in [-0.2, 0) is 11.3 Å². The molecular weight excluding hydrogens is 266 g/mol. The summed E-state index contributed by atoms with van der Waals surface area (Å²) in [7, 11) is 0. The second-order valence-electron chi connectivity index (χ2n) is 5.15. The summed E-state index contributed by atoms with van der Waals surface area (Å²) in [4.78, 5) is 13.6. The average Bonchev–Trinajstić information content (AvgIpc) is 3.00. The molecule has 0 radical (unpaired) electrons. The lowest BCUT2D eigenvalue weighted by Crippen LogP contribution is -2.25. The average molecular weight is 287 g/mol. The van der Waals surface area contributed by atoms with E-state index >= 15 is 0 Å². The van der Waals surface area contributed by atoms with Crippen LogP contribution >= 0.6 is 0 Å². The molecular formula is C16H21N3O2. The monoisotopic (exact) mass is 287 g/mol. The zero-order valence-electron chi connectivity index (χ0n) is 12.2. The number of nitriles is 1. The van der Waals surface area contributed by atoms with E-state index in [1.807, 2.05) is 30.3 Å². The fourth-order valence-electron chi connectivity index (χ4n) is 2.34. The minimum Gasteiger partial charge on any atom is -0.492 e. The molecule has 5 heteroatoms. The third kappa shape index (κ3) is 5.44. The SMILES string of the molecule is N#CCC(=O)NCc1ccc(OCCN2CCCC2)cc1. The number of amides is 1. The topological polar surface area (TPSA) is 65.4 Å². The van der Waals surface area contributed by atoms with Gasteiger partial charge in [-0.25, -0.2) is 0 Å². The van der Waals surface area contributed by atoms with Crippen LogP contribution in [0.4, 0.5) is 0 Å². The molecule has 112 valence electrons. The highest BCUT2D eigenvalue weighted by molar-refractivity contribution is 5.77. The molecule has 0 aromatic heterocycles. The summed E-state index contributed by atoms with van der Waals surface area (Å²) < 4.78 is 5.72. The molecule has 1 N–H and O–H groups in total. The highest BCUT2D eigenvalue weighted by atomic mass is 16.5. The smallest absolute Gasteiger partial charge is 0.234 e. The maximum Gasteiger partial charge on any atom is 0.234 e. The Kier molecular flexibility index (Phi) is 6.04. The van der Waals surface area contributed by atoms with Gasteiger partial charge in [-0.05, 0) is 43.6 Å². The second-order valence-corrected chi connectivity index (χ2v) is 5.15. The van der Waals surface area contributed by atoms with Crippen molar-refractivity contribution in [3.63, 3.8) is 0 Å². The Labute approximate surface area is 125 Å². The van der Waals surface area contributed by atoms with Crippen LogP contribution in [0.1, 0.15) is 24.8 Å². The molecule has 1 aromatic rings. The van der Waals surface area contributed by atoms with Gasteiger partial charge in [0.15, 0.2) is 0 Å². The summed E-state index contributed by atoms with van der Waals surface area (Å²) in [6.45, 7) is 4.49. The molecule has 1 aliphatic rings. The molecule has 0 unspecified atom stereocenters. The first-order valence-corrected chi connectivity index (χ1v) is 7.35. The van der Waals surface area contributed by atoms with Crippen LogP contribution in [0.15, 0.2) is 24.3 Å². The molecule has 1 aliphatic heterocycles. The third-order valence-corrected chi connectivity index (χ3v) is 3.53. The summed E-state index contributed by atoms with van der Waals surface area (Å²) in [5.41, 5.74) is 0.994. The normalized spacial score (nSPS) is 14.6. The van der Waals surface area contributed by atoms with Crippen molar-refractivity contribution in [2.24, 2.45) is 0 Å². The van der Waals surface area contributed by atoms with Crippen molar-refractivity contribution in [1.82, 2.24) is 10.2 Å². The van der Waals surface area contributed by atoms with Gasteiger partial charge >= 0.3 is 0 Å². The number of nitrogens with one attached hydrogen (secondary N) is 1. The van der Waals surface area contributed by atoms with Crippen molar-refractivity contribution in [3.05, 3.63) is 29.8 Å². The van der Waals surface area contributed by atoms with E-state index in [0.717, 1.165) is 17.9 Å². The number of carbonyl (C=O) groups excluding carboxylic acids is 1. The van der Waals surface area contributed by atoms with Gasteiger partial charge in [-0.2, -0.15) is 5.26 Å². The quantitative estimate of drug-likeness (QED) is 0.829. The van der Waals surface area contributed by atoms with Crippen LogP contribution in [0.3, 0.4) is 0 Å². The number of likely N-dealkylation sites (tertiary alicyclic amines) is 1. The first-order valence-electron chi connectivity index (χ1n) is 7.35. The first kappa shape index (κ1) is 15.3. The Morgan fingerprint density at radius 3 is 2.67 bits per heavy atom. The van der Waals surface area contributed by atoms with Crippen molar-refractivity contribution in [3.8, 4) is 11.8 Å². The van der Waals surface area contributed by atoms with Crippen molar-refractivity contribution in [2.75, 3.05) is 26.2 Å². The molecule has 1 saturated heterocycles. The lowest BCUT2D eigenvalue weighted by Gasteiger charge is -2.15. The Balaban J connectivity index is 1.68. The number of benzene rings is 1. The first-order chi connectivity index (χ1) is 10.3. The summed E-state index contributed by atoms with van der Waals surface area (Å²) in [5, 5.41) is 11.1. The van der Waals surface area contributed by atoms with E-state index in [1.165, 1.54) is 25.9 Å². The van der Waals surface area contributed by atoms with Gasteiger partial charge in [0.25, 0.3) is 0 Å². The predicted octanol–water partition coefficient (Wildman–Crippen LogP) is 1.69. The lowest BCUT2D eigenvalue weighted by atomic mass is 10.2. The molecule has 1 aromatic carbocycles. The van der Waals surface area contributed by atoms with Crippen LogP contribution in [-0.4, -0.2) is 37.0 Å². The largest absolute Gasteiger partial charge is 0.492 e. The van der Waals surface area contributed by atoms with Crippen LogP contribution in [0.5, 0.6) is 5.75 Å². The maximum absolute atomic E-state index is 11.2. The van der Waals surface area contributed by atoms with Gasteiger partial charge in [0.2, 0.25) is 5.91 Å². The third-order valence-electron chi connectivity index (χ3n) is 3.53. The molecule has 0 saturated carbocycles. The number of nitrogens with zero attached hydrogens (tertiary/aromatic N) is 2. The Morgan fingerprint density at radius 2 is 2.00 bits per heavy atom. The molecule has 21 heavy (non-hydrogen) atoms. The van der Waals surface area contributed by atoms with E-state index < -0.39 is 0 Å². The Bertz CT molecular complexity index is 487. The van der Waals surface area contributed by atoms with Gasteiger partial charge in [-0.3, -0.25) is 9.69 Å². The van der Waals surface area contributed by atoms with Crippen LogP contribution in [0, 0.1) is 11.3 Å². The molecule has 0 aliphatic carbocycles. The van der Waals surface area contributed by atoms with Crippen molar-refractivity contribution >= 4 is 5.91 Å². The van der Waals surface area contributed by atoms with Gasteiger partial charge < -0.3 is 10.1 Å². The number of carbonyl (C=O) groups is 1. The van der Waals surface area contributed by atoms with Gasteiger partial charge in [-0.1, -0.05) is 12.1 Å². The summed E-state index contributed by atoms with van der Waals surface area (Å²) in [6, 6.07) is 9.50. The van der Waals surface area contributed by atoms with E-state index in [-0.39, 0.29) is 12.3 Å². The Morgan fingerprint density at radius 1 is 1.29 bits per heavy atom. The van der Waals surface area contributed by atoms with Crippen LogP contribution in [0.2, 0.25) is 0 Å². The minimum atomic E-state index is -0.247. The van der Waals surface area contributed by atoms with Crippen LogP contribution < -0.4 is 10.1 Å². The molecule has 0 bridgehead atoms. The number of rotatable bonds is 7. The molecule has 0 atom stereocenters. The highest BCUT2D eigenvalue weighted by Gasteiger charge is 2.10. The van der Waals surface area contributed by atoms with E-state index in [1.54, 1.807) is 0 Å². The molecule has 0 spiro atoms. The summed E-state index contributed by atoms with van der Waals surface area (Å²) in [5.74, 6) is 0.602. The minimum absolute atomic E-state index is 0.0995. The van der Waals surface area contributed by atoms with Gasteiger partial charge in [0.1, 0.15) is 18.8 Å². The molecule has 1 fully saturated rings. The standard InChI is InChI=1S/C16H21N3O2/c17-8-7-16(20)18-13-14-3-5-15(6-4-14)21-12-11-19-9-1-2-10-19/h3-6H,1-2,7,9-13H2,(H,18,20). The fourth-order valence-corrected chi connectivity index (χ4v) is 2.34. The van der Waals surface area contributed by atoms with Gasteiger partial charge in [0.05, 0.1) is 6.07 Å². The van der Waals surface area contributed by atoms with Crippen molar-refractivity contribution < 1.29 is 9.53 Å². The Hall–Kier alpha value is -2.06. The van der Waals surface area contributed by atoms with Gasteiger partial charge in [-0.15, -0.1) is 0 Å². The fraction of sp³-hybridized carbons (Fsp3) is 0.500. The molecule has 2 rings (SSSR count). The zero-order chi connectivity index (χ0) is 14.9. The molecule has 1 heterocycles. The number of hydrogen-bond acceptors (Lipinski definition) is 4. The zero-order valence-corrected chi connectivity index (χ0v) is 12.2. The van der Waals surface area contributed by atoms with E-state index in [0.29, 0.717) is 13.2 Å². The van der Waals surface area contributed by atoms with E-state index in [9.17, 15) is 4.79 Å². The van der Waals surface area contributed by atoms with Crippen LogP contribution in [0.25, 0.3) is 0 Å². The summed E-state index contributed by atoms with van der Waals surface area (Å²) >= 11 is 0. The second kappa shape index (κ2) is 8.28. The van der Waals surface area contributed by atoms with E-state index in [4.69, 9.17) is 10.00 Å². The van der Waals surface area contributed by atoms with E-state index in [2.05, 4.69) is 10.2 Å². The molecule has 1 amide bonds. The number of ether oxygens (including phenoxy) is 1. The maximum atomic E-state index is 11.2. The lowest BCUT2D eigenvalue weighted by molar-refractivity contribution is -0.120. The predicted molar refractivity (Wildman–Crippen MR) is 79.7 cm³/mol. The van der Waals surface area contributed by atoms with Gasteiger partial charge in [0, 0.05) is 13.1 Å².